The molecule has 0 heterocycles. The minimum absolute atomic E-state index is 0.0627. The fraction of sp³-hybridized carbons (Fsp3) is 0.818. The summed E-state index contributed by atoms with van der Waals surface area (Å²) < 4.78 is 0. The van der Waals surface area contributed by atoms with Crippen molar-refractivity contribution in [3.8, 4) is 0 Å². The molecular formula is C11H22N2O2. The molecule has 0 aromatic carbocycles. The maximum Gasteiger partial charge on any atom is 0.242 e. The third-order valence-electron chi connectivity index (χ3n) is 2.11. The molecule has 0 unspecified atom stereocenters. The molecule has 0 fully saturated rings. The van der Waals surface area contributed by atoms with Gasteiger partial charge in [-0.05, 0) is 11.8 Å². The van der Waals surface area contributed by atoms with Gasteiger partial charge in [-0.2, -0.15) is 0 Å². The quantitative estimate of drug-likeness (QED) is 0.715. The van der Waals surface area contributed by atoms with Crippen molar-refractivity contribution in [2.24, 2.45) is 11.8 Å². The Balaban J connectivity index is 4.29. The topological polar surface area (TPSA) is 58.2 Å². The SMILES string of the molecule is CNC(=O)[C@H](NC(=O)CC(C)C)C(C)C. The maximum absolute atomic E-state index is 11.5. The zero-order valence-electron chi connectivity index (χ0n) is 10.3. The average molecular weight is 214 g/mol. The number of amides is 2. The number of carbonyl (C=O) groups is 2. The lowest BCUT2D eigenvalue weighted by Crippen LogP contribution is -2.48. The predicted octanol–water partition coefficient (Wildman–Crippen LogP) is 0.919. The van der Waals surface area contributed by atoms with E-state index in [1.807, 2.05) is 27.7 Å². The molecule has 15 heavy (non-hydrogen) atoms. The van der Waals surface area contributed by atoms with Crippen LogP contribution in [0.3, 0.4) is 0 Å². The molecule has 0 bridgehead atoms. The minimum atomic E-state index is -0.429. The largest absolute Gasteiger partial charge is 0.357 e. The van der Waals surface area contributed by atoms with Crippen molar-refractivity contribution in [3.05, 3.63) is 0 Å². The third kappa shape index (κ3) is 5.40. The van der Waals surface area contributed by atoms with Gasteiger partial charge in [0.1, 0.15) is 6.04 Å². The van der Waals surface area contributed by atoms with E-state index in [-0.39, 0.29) is 17.7 Å². The highest BCUT2D eigenvalue weighted by Crippen LogP contribution is 2.04. The Morgan fingerprint density at radius 1 is 1.13 bits per heavy atom. The molecule has 0 aromatic rings. The van der Waals surface area contributed by atoms with Gasteiger partial charge in [0.25, 0.3) is 0 Å². The van der Waals surface area contributed by atoms with E-state index in [0.717, 1.165) is 0 Å². The van der Waals surface area contributed by atoms with Crippen LogP contribution in [-0.4, -0.2) is 24.9 Å². The Bertz CT molecular complexity index is 225. The first-order chi connectivity index (χ1) is 6.88. The third-order valence-corrected chi connectivity index (χ3v) is 2.11. The van der Waals surface area contributed by atoms with E-state index < -0.39 is 6.04 Å². The van der Waals surface area contributed by atoms with E-state index in [4.69, 9.17) is 0 Å². The first-order valence-corrected chi connectivity index (χ1v) is 5.39. The Hall–Kier alpha value is -1.06. The fourth-order valence-electron chi connectivity index (χ4n) is 1.29. The van der Waals surface area contributed by atoms with E-state index in [1.54, 1.807) is 7.05 Å². The molecule has 0 spiro atoms. The molecule has 0 aliphatic carbocycles. The molecular weight excluding hydrogens is 192 g/mol. The van der Waals surface area contributed by atoms with Crippen LogP contribution in [0.15, 0.2) is 0 Å². The standard InChI is InChI=1S/C11H22N2O2/c1-7(2)6-9(14)13-10(8(3)4)11(15)12-5/h7-8,10H,6H2,1-5H3,(H,12,15)(H,13,14)/t10-/m1/s1. The first kappa shape index (κ1) is 13.9. The van der Waals surface area contributed by atoms with Crippen LogP contribution < -0.4 is 10.6 Å². The lowest BCUT2D eigenvalue weighted by Gasteiger charge is -2.21. The summed E-state index contributed by atoms with van der Waals surface area (Å²) in [6.45, 7) is 7.78. The van der Waals surface area contributed by atoms with Crippen LogP contribution in [0, 0.1) is 11.8 Å². The molecule has 1 atom stereocenters. The van der Waals surface area contributed by atoms with Crippen LogP contribution in [0.4, 0.5) is 0 Å². The monoisotopic (exact) mass is 214 g/mol. The second-order valence-electron chi connectivity index (χ2n) is 4.50. The van der Waals surface area contributed by atoms with Gasteiger partial charge in [0.2, 0.25) is 11.8 Å². The van der Waals surface area contributed by atoms with Gasteiger partial charge in [-0.25, -0.2) is 0 Å². The summed E-state index contributed by atoms with van der Waals surface area (Å²) >= 11 is 0. The van der Waals surface area contributed by atoms with E-state index in [1.165, 1.54) is 0 Å². The summed E-state index contributed by atoms with van der Waals surface area (Å²) in [5.41, 5.74) is 0. The Morgan fingerprint density at radius 2 is 1.67 bits per heavy atom. The van der Waals surface area contributed by atoms with E-state index in [9.17, 15) is 9.59 Å². The van der Waals surface area contributed by atoms with Gasteiger partial charge in [-0.15, -0.1) is 0 Å². The van der Waals surface area contributed by atoms with Crippen molar-refractivity contribution < 1.29 is 9.59 Å². The van der Waals surface area contributed by atoms with Gasteiger partial charge in [0.05, 0.1) is 0 Å². The van der Waals surface area contributed by atoms with Gasteiger partial charge in [-0.3, -0.25) is 9.59 Å². The summed E-state index contributed by atoms with van der Waals surface area (Å²) in [5, 5.41) is 5.30. The summed E-state index contributed by atoms with van der Waals surface area (Å²) in [4.78, 5) is 22.9. The van der Waals surface area contributed by atoms with E-state index >= 15 is 0 Å². The highest BCUT2D eigenvalue weighted by atomic mass is 16.2. The van der Waals surface area contributed by atoms with Crippen LogP contribution in [0.1, 0.15) is 34.1 Å². The molecule has 0 rings (SSSR count). The minimum Gasteiger partial charge on any atom is -0.357 e. The molecule has 4 heteroatoms. The molecule has 4 nitrogen and oxygen atoms in total. The second-order valence-corrected chi connectivity index (χ2v) is 4.50. The van der Waals surface area contributed by atoms with Gasteiger partial charge in [0.15, 0.2) is 0 Å². The number of carbonyl (C=O) groups excluding carboxylic acids is 2. The number of nitrogens with one attached hydrogen (secondary N) is 2. The summed E-state index contributed by atoms with van der Waals surface area (Å²) in [6, 6.07) is -0.429. The smallest absolute Gasteiger partial charge is 0.242 e. The van der Waals surface area contributed by atoms with Crippen LogP contribution in [0.25, 0.3) is 0 Å². The van der Waals surface area contributed by atoms with Crippen molar-refractivity contribution in [3.63, 3.8) is 0 Å². The Morgan fingerprint density at radius 3 is 2.00 bits per heavy atom. The van der Waals surface area contributed by atoms with Crippen molar-refractivity contribution in [1.29, 1.82) is 0 Å². The summed E-state index contributed by atoms with van der Waals surface area (Å²) in [7, 11) is 1.58. The number of hydrogen-bond donors (Lipinski definition) is 2. The molecule has 0 aliphatic rings. The van der Waals surface area contributed by atoms with Gasteiger partial charge in [0, 0.05) is 13.5 Å². The highest BCUT2D eigenvalue weighted by Gasteiger charge is 2.22. The maximum atomic E-state index is 11.5. The number of rotatable bonds is 5. The summed E-state index contributed by atoms with van der Waals surface area (Å²) in [5.74, 6) is 0.206. The molecule has 2 N–H and O–H groups in total. The van der Waals surface area contributed by atoms with Gasteiger partial charge >= 0.3 is 0 Å². The molecule has 0 aromatic heterocycles. The van der Waals surface area contributed by atoms with Crippen LogP contribution in [-0.2, 0) is 9.59 Å². The Labute approximate surface area is 91.8 Å². The average Bonchev–Trinajstić information content (AvgIpc) is 2.11. The van der Waals surface area contributed by atoms with Crippen LogP contribution in [0.2, 0.25) is 0 Å². The van der Waals surface area contributed by atoms with E-state index in [2.05, 4.69) is 10.6 Å². The molecule has 2 amide bonds. The zero-order chi connectivity index (χ0) is 12.0. The molecule has 88 valence electrons. The second kappa shape index (κ2) is 6.43. The normalized spacial score (nSPS) is 12.7. The predicted molar refractivity (Wildman–Crippen MR) is 60.3 cm³/mol. The first-order valence-electron chi connectivity index (χ1n) is 5.39. The van der Waals surface area contributed by atoms with Gasteiger partial charge < -0.3 is 10.6 Å². The van der Waals surface area contributed by atoms with E-state index in [0.29, 0.717) is 12.3 Å². The zero-order valence-corrected chi connectivity index (χ0v) is 10.3. The van der Waals surface area contributed by atoms with Crippen molar-refractivity contribution in [1.82, 2.24) is 10.6 Å². The number of hydrogen-bond acceptors (Lipinski definition) is 2. The molecule has 0 aliphatic heterocycles. The van der Waals surface area contributed by atoms with Gasteiger partial charge in [-0.1, -0.05) is 27.7 Å². The Kier molecular flexibility index (Phi) is 5.97. The van der Waals surface area contributed by atoms with Crippen LogP contribution in [0.5, 0.6) is 0 Å². The molecule has 0 saturated carbocycles. The fourth-order valence-corrected chi connectivity index (χ4v) is 1.29. The lowest BCUT2D eigenvalue weighted by molar-refractivity contribution is -0.130. The van der Waals surface area contributed by atoms with Crippen molar-refractivity contribution in [2.45, 2.75) is 40.2 Å². The van der Waals surface area contributed by atoms with Crippen molar-refractivity contribution in [2.75, 3.05) is 7.05 Å². The molecule has 0 saturated heterocycles. The van der Waals surface area contributed by atoms with Crippen molar-refractivity contribution >= 4 is 11.8 Å². The molecule has 0 radical (unpaired) electrons. The number of likely N-dealkylation sites (N-methyl/N-ethyl adjacent to an activating group) is 1. The lowest BCUT2D eigenvalue weighted by atomic mass is 10.0. The van der Waals surface area contributed by atoms with Crippen LogP contribution >= 0.6 is 0 Å². The summed E-state index contributed by atoms with van der Waals surface area (Å²) in [6.07, 6.45) is 0.459. The highest BCUT2D eigenvalue weighted by molar-refractivity contribution is 5.87.